The number of amidine groups is 2. The highest BCUT2D eigenvalue weighted by Gasteiger charge is 2.05. The lowest BCUT2D eigenvalue weighted by Crippen LogP contribution is -3.00. The number of aliphatic hydroxyl groups is 1. The predicted molar refractivity (Wildman–Crippen MR) is 64.1 cm³/mol. The van der Waals surface area contributed by atoms with E-state index < -0.39 is 0 Å². The van der Waals surface area contributed by atoms with Crippen molar-refractivity contribution >= 4 is 33.9 Å². The Morgan fingerprint density at radius 1 is 1.00 bits per heavy atom. The fourth-order valence-corrected chi connectivity index (χ4v) is 1.58. The summed E-state index contributed by atoms with van der Waals surface area (Å²) >= 11 is 2.29. The lowest BCUT2D eigenvalue weighted by atomic mass is 10.6. The highest BCUT2D eigenvalue weighted by atomic mass is 35.5. The molecule has 7 nitrogen and oxygen atoms in total. The molecule has 0 amide bonds. The van der Waals surface area contributed by atoms with Gasteiger partial charge in [0, 0.05) is 30.6 Å². The SMILES string of the molecule is CO.NC(=[NH2+])Sc1ccc(SC(N)=[NH2+])nn1.[Cl-].[Cl-]. The van der Waals surface area contributed by atoms with Crippen molar-refractivity contribution in [3.05, 3.63) is 12.1 Å². The minimum absolute atomic E-state index is 0. The summed E-state index contributed by atoms with van der Waals surface area (Å²) in [6, 6.07) is 3.48. The molecule has 0 aliphatic rings. The zero-order chi connectivity index (χ0) is 12.6. The lowest BCUT2D eigenvalue weighted by molar-refractivity contribution is -0.110. The minimum atomic E-state index is 0. The topological polar surface area (TPSA) is 149 Å². The maximum Gasteiger partial charge on any atom is 0.306 e. The summed E-state index contributed by atoms with van der Waals surface area (Å²) in [7, 11) is 1.00. The Morgan fingerprint density at radius 2 is 1.28 bits per heavy atom. The quantitative estimate of drug-likeness (QED) is 0.205. The zero-order valence-electron chi connectivity index (χ0n) is 9.38. The molecule has 1 aromatic heterocycles. The predicted octanol–water partition coefficient (Wildman–Crippen LogP) is -9.58. The average Bonchev–Trinajstić information content (AvgIpc) is 2.22. The summed E-state index contributed by atoms with van der Waals surface area (Å²) in [6.07, 6.45) is 0. The molecule has 0 saturated carbocycles. The first kappa shape index (κ1) is 22.4. The summed E-state index contributed by atoms with van der Waals surface area (Å²) < 4.78 is 0. The molecule has 11 heteroatoms. The maximum atomic E-state index is 7.00. The Hall–Kier alpha value is -0.740. The number of rotatable bonds is 2. The molecular formula is C7H14Cl2N6OS2. The van der Waals surface area contributed by atoms with Gasteiger partial charge >= 0.3 is 10.3 Å². The third-order valence-corrected chi connectivity index (χ3v) is 2.39. The summed E-state index contributed by atoms with van der Waals surface area (Å²) in [4.78, 5) is 0. The third kappa shape index (κ3) is 10.4. The van der Waals surface area contributed by atoms with Crippen molar-refractivity contribution in [2.75, 3.05) is 7.11 Å². The molecule has 9 N–H and O–H groups in total. The second-order valence-corrected chi connectivity index (χ2v) is 4.41. The number of hydrogen-bond donors (Lipinski definition) is 5. The van der Waals surface area contributed by atoms with Crippen LogP contribution in [0.3, 0.4) is 0 Å². The molecular weight excluding hydrogens is 319 g/mol. The number of aliphatic hydroxyl groups excluding tert-OH is 1. The third-order valence-electron chi connectivity index (χ3n) is 1.06. The fourth-order valence-electron chi connectivity index (χ4n) is 0.658. The van der Waals surface area contributed by atoms with Gasteiger partial charge in [-0.25, -0.2) is 0 Å². The highest BCUT2D eigenvalue weighted by Crippen LogP contribution is 2.16. The number of nitrogens with two attached hydrogens (primary N) is 4. The van der Waals surface area contributed by atoms with Crippen LogP contribution in [0.2, 0.25) is 0 Å². The summed E-state index contributed by atoms with van der Waals surface area (Å²) in [5.41, 5.74) is 10.6. The van der Waals surface area contributed by atoms with Gasteiger partial charge in [-0.2, -0.15) is 0 Å². The molecule has 0 saturated heterocycles. The molecule has 1 aromatic rings. The van der Waals surface area contributed by atoms with Gasteiger partial charge in [0.15, 0.2) is 0 Å². The van der Waals surface area contributed by atoms with Crippen molar-refractivity contribution in [2.45, 2.75) is 10.1 Å². The number of halogens is 2. The maximum absolute atomic E-state index is 7.00. The number of thioether (sulfide) groups is 2. The first-order valence-corrected chi connectivity index (χ1v) is 5.61. The molecule has 0 unspecified atom stereocenters. The van der Waals surface area contributed by atoms with E-state index in [9.17, 15) is 0 Å². The van der Waals surface area contributed by atoms with E-state index in [0.29, 0.717) is 10.1 Å². The van der Waals surface area contributed by atoms with Crippen LogP contribution in [0.4, 0.5) is 0 Å². The van der Waals surface area contributed by atoms with E-state index in [1.165, 1.54) is 0 Å². The molecule has 0 atom stereocenters. The van der Waals surface area contributed by atoms with Crippen LogP contribution in [0.5, 0.6) is 0 Å². The molecule has 1 heterocycles. The van der Waals surface area contributed by atoms with Gasteiger partial charge in [-0.05, 0) is 12.1 Å². The highest BCUT2D eigenvalue weighted by molar-refractivity contribution is 8.13. The van der Waals surface area contributed by atoms with Crippen LogP contribution < -0.4 is 47.1 Å². The van der Waals surface area contributed by atoms with Gasteiger partial charge in [-0.15, -0.1) is 10.2 Å². The van der Waals surface area contributed by atoms with Gasteiger partial charge in [-0.1, -0.05) is 0 Å². The van der Waals surface area contributed by atoms with Gasteiger partial charge in [-0.3, -0.25) is 22.3 Å². The van der Waals surface area contributed by atoms with E-state index in [0.717, 1.165) is 30.6 Å². The van der Waals surface area contributed by atoms with Crippen molar-refractivity contribution in [2.24, 2.45) is 11.5 Å². The molecule has 0 spiro atoms. The molecule has 0 aromatic carbocycles. The van der Waals surface area contributed by atoms with Gasteiger partial charge in [0.25, 0.3) is 0 Å². The molecule has 0 fully saturated rings. The van der Waals surface area contributed by atoms with Gasteiger partial charge < -0.3 is 29.9 Å². The van der Waals surface area contributed by atoms with Gasteiger partial charge in [0.05, 0.1) is 0 Å². The fraction of sp³-hybridized carbons (Fsp3) is 0.143. The van der Waals surface area contributed by atoms with Crippen LogP contribution >= 0.6 is 23.5 Å². The second kappa shape index (κ2) is 12.7. The van der Waals surface area contributed by atoms with E-state index in [-0.39, 0.29) is 35.1 Å². The van der Waals surface area contributed by atoms with E-state index in [2.05, 4.69) is 10.2 Å². The van der Waals surface area contributed by atoms with Crippen molar-refractivity contribution < 1.29 is 40.7 Å². The number of hydrogen-bond acceptors (Lipinski definition) is 5. The van der Waals surface area contributed by atoms with Crippen LogP contribution in [0.25, 0.3) is 0 Å². The lowest BCUT2D eigenvalue weighted by Gasteiger charge is -1.95. The number of aromatic nitrogens is 2. The normalized spacial score (nSPS) is 7.89. The van der Waals surface area contributed by atoms with Crippen LogP contribution in [-0.2, 0) is 0 Å². The molecule has 0 aliphatic heterocycles. The van der Waals surface area contributed by atoms with Gasteiger partial charge in [0.2, 0.25) is 0 Å². The minimum Gasteiger partial charge on any atom is -1.00 e. The Labute approximate surface area is 125 Å². The first-order chi connectivity index (χ1) is 7.58. The largest absolute Gasteiger partial charge is 1.00 e. The van der Waals surface area contributed by atoms with Crippen molar-refractivity contribution in [1.29, 1.82) is 0 Å². The number of nitrogens with zero attached hydrogens (tertiary/aromatic N) is 2. The van der Waals surface area contributed by atoms with Crippen LogP contribution in [0, 0.1) is 0 Å². The van der Waals surface area contributed by atoms with Crippen molar-refractivity contribution in [3.8, 4) is 0 Å². The summed E-state index contributed by atoms with van der Waals surface area (Å²) in [6.45, 7) is 0. The van der Waals surface area contributed by atoms with E-state index in [1.807, 2.05) is 0 Å². The Kier molecular flexibility index (Phi) is 15.8. The van der Waals surface area contributed by atoms with Gasteiger partial charge in [0.1, 0.15) is 10.1 Å². The molecule has 18 heavy (non-hydrogen) atoms. The van der Waals surface area contributed by atoms with E-state index in [4.69, 9.17) is 27.4 Å². The van der Waals surface area contributed by atoms with Crippen LogP contribution in [-0.4, -0.2) is 32.7 Å². The second-order valence-electron chi connectivity index (χ2n) is 2.22. The Bertz CT molecular complexity index is 328. The average molecular weight is 333 g/mol. The molecule has 1 rings (SSSR count). The summed E-state index contributed by atoms with van der Waals surface area (Å²) in [5, 5.41) is 27.0. The Balaban J connectivity index is -0.000000534. The summed E-state index contributed by atoms with van der Waals surface area (Å²) in [5.74, 6) is 0. The van der Waals surface area contributed by atoms with E-state index in [1.54, 1.807) is 12.1 Å². The standard InChI is InChI=1S/C6H8N6S2.CH4O.2ClH/c7-5(8)13-3-1-2-4(12-11-3)14-6(9)10;1-2;;/h1-2H,(H3,7,8)(H3,9,10);2H,1H3;2*1H. The molecule has 0 bridgehead atoms. The Morgan fingerprint density at radius 3 is 1.44 bits per heavy atom. The van der Waals surface area contributed by atoms with Crippen LogP contribution in [0.15, 0.2) is 22.2 Å². The zero-order valence-corrected chi connectivity index (χ0v) is 12.5. The van der Waals surface area contributed by atoms with Crippen molar-refractivity contribution in [3.63, 3.8) is 0 Å². The van der Waals surface area contributed by atoms with E-state index >= 15 is 0 Å². The molecule has 104 valence electrons. The van der Waals surface area contributed by atoms with Crippen LogP contribution in [0.1, 0.15) is 0 Å². The van der Waals surface area contributed by atoms with Crippen molar-refractivity contribution in [1.82, 2.24) is 10.2 Å². The smallest absolute Gasteiger partial charge is 0.306 e. The first-order valence-electron chi connectivity index (χ1n) is 3.98. The monoisotopic (exact) mass is 332 g/mol. The molecule has 0 aliphatic carbocycles. The molecule has 0 radical (unpaired) electrons.